The van der Waals surface area contributed by atoms with Gasteiger partial charge in [-0.25, -0.2) is 0 Å². The van der Waals surface area contributed by atoms with Crippen LogP contribution < -0.4 is 0 Å². The third-order valence-electron chi connectivity index (χ3n) is 5.21. The van der Waals surface area contributed by atoms with E-state index in [0.29, 0.717) is 6.04 Å². The molecule has 2 aliphatic rings. The van der Waals surface area contributed by atoms with Crippen LogP contribution in [0.4, 0.5) is 0 Å². The van der Waals surface area contributed by atoms with Crippen LogP contribution in [0.2, 0.25) is 0 Å². The van der Waals surface area contributed by atoms with Gasteiger partial charge in [-0.2, -0.15) is 0 Å². The molecule has 0 radical (unpaired) electrons. The van der Waals surface area contributed by atoms with E-state index in [1.807, 2.05) is 13.8 Å². The van der Waals surface area contributed by atoms with Gasteiger partial charge in [0.1, 0.15) is 0 Å². The van der Waals surface area contributed by atoms with E-state index in [1.54, 1.807) is 0 Å². The molecule has 1 saturated heterocycles. The van der Waals surface area contributed by atoms with E-state index in [9.17, 15) is 9.90 Å². The van der Waals surface area contributed by atoms with Crippen molar-refractivity contribution in [2.45, 2.75) is 64.8 Å². The van der Waals surface area contributed by atoms with Crippen LogP contribution >= 0.6 is 0 Å². The molecule has 2 fully saturated rings. The number of nitrogens with zero attached hydrogens (tertiary/aromatic N) is 1. The van der Waals surface area contributed by atoms with Gasteiger partial charge in [0.15, 0.2) is 0 Å². The second-order valence-electron chi connectivity index (χ2n) is 6.44. The predicted octanol–water partition coefficient (Wildman–Crippen LogP) is 3.14. The standard InChI is InChI=1S/C15H27NO2/c1-3-15(2,14(17)18)11-16-10-6-8-12-7-4-5-9-13(12)16/h12-13H,3-11H2,1-2H3,(H,17,18). The number of rotatable bonds is 4. The first-order valence-corrected chi connectivity index (χ1v) is 7.54. The average Bonchev–Trinajstić information content (AvgIpc) is 2.39. The Hall–Kier alpha value is -0.570. The van der Waals surface area contributed by atoms with E-state index in [4.69, 9.17) is 0 Å². The Labute approximate surface area is 111 Å². The Morgan fingerprint density at radius 3 is 2.61 bits per heavy atom. The highest BCUT2D eigenvalue weighted by molar-refractivity contribution is 5.74. The van der Waals surface area contributed by atoms with Crippen LogP contribution in [0.5, 0.6) is 0 Å². The van der Waals surface area contributed by atoms with Crippen molar-refractivity contribution in [3.05, 3.63) is 0 Å². The van der Waals surface area contributed by atoms with E-state index < -0.39 is 11.4 Å². The summed E-state index contributed by atoms with van der Waals surface area (Å²) in [6.45, 7) is 5.74. The maximum atomic E-state index is 11.5. The van der Waals surface area contributed by atoms with Gasteiger partial charge in [-0.15, -0.1) is 0 Å². The molecule has 0 aromatic heterocycles. The van der Waals surface area contributed by atoms with Crippen LogP contribution in [-0.4, -0.2) is 35.1 Å². The van der Waals surface area contributed by atoms with Crippen molar-refractivity contribution in [3.63, 3.8) is 0 Å². The smallest absolute Gasteiger partial charge is 0.310 e. The number of piperidine rings is 1. The van der Waals surface area contributed by atoms with Crippen LogP contribution in [0.3, 0.4) is 0 Å². The molecular formula is C15H27NO2. The summed E-state index contributed by atoms with van der Waals surface area (Å²) in [4.78, 5) is 14.0. The zero-order valence-corrected chi connectivity index (χ0v) is 11.8. The van der Waals surface area contributed by atoms with Crippen LogP contribution in [0.25, 0.3) is 0 Å². The van der Waals surface area contributed by atoms with Crippen LogP contribution in [0, 0.1) is 11.3 Å². The van der Waals surface area contributed by atoms with Crippen molar-refractivity contribution >= 4 is 5.97 Å². The molecule has 2 rings (SSSR count). The second-order valence-corrected chi connectivity index (χ2v) is 6.44. The van der Waals surface area contributed by atoms with Gasteiger partial charge in [-0.1, -0.05) is 19.8 Å². The quantitative estimate of drug-likeness (QED) is 0.836. The number of carboxylic acid groups (broad SMARTS) is 1. The minimum atomic E-state index is -0.636. The Morgan fingerprint density at radius 1 is 1.28 bits per heavy atom. The summed E-state index contributed by atoms with van der Waals surface area (Å²) in [6.07, 6.45) is 8.67. The highest BCUT2D eigenvalue weighted by atomic mass is 16.4. The van der Waals surface area contributed by atoms with E-state index >= 15 is 0 Å². The minimum Gasteiger partial charge on any atom is -0.481 e. The lowest BCUT2D eigenvalue weighted by atomic mass is 9.76. The topological polar surface area (TPSA) is 40.5 Å². The summed E-state index contributed by atoms with van der Waals surface area (Å²) in [7, 11) is 0. The first kappa shape index (κ1) is 13.9. The molecule has 3 heteroatoms. The SMILES string of the molecule is CCC(C)(CN1CCCC2CCCCC21)C(=O)O. The monoisotopic (exact) mass is 253 g/mol. The summed E-state index contributed by atoms with van der Waals surface area (Å²) >= 11 is 0. The number of fused-ring (bicyclic) bond motifs is 1. The molecular weight excluding hydrogens is 226 g/mol. The Kier molecular flexibility index (Phi) is 4.31. The number of hydrogen-bond donors (Lipinski definition) is 1. The summed E-state index contributed by atoms with van der Waals surface area (Å²) in [5, 5.41) is 9.43. The van der Waals surface area contributed by atoms with Gasteiger partial charge in [-0.3, -0.25) is 9.69 Å². The zero-order valence-electron chi connectivity index (χ0n) is 11.8. The molecule has 1 N–H and O–H groups in total. The molecule has 3 unspecified atom stereocenters. The fourth-order valence-corrected chi connectivity index (χ4v) is 3.70. The maximum absolute atomic E-state index is 11.5. The first-order chi connectivity index (χ1) is 8.57. The molecule has 18 heavy (non-hydrogen) atoms. The number of carbonyl (C=O) groups is 1. The van der Waals surface area contributed by atoms with Crippen LogP contribution in [0.1, 0.15) is 58.8 Å². The fourth-order valence-electron chi connectivity index (χ4n) is 3.70. The Morgan fingerprint density at radius 2 is 1.94 bits per heavy atom. The molecule has 0 aromatic carbocycles. The molecule has 1 aliphatic heterocycles. The summed E-state index contributed by atoms with van der Waals surface area (Å²) in [5.41, 5.74) is -0.570. The van der Waals surface area contributed by atoms with Crippen LogP contribution in [0.15, 0.2) is 0 Å². The highest BCUT2D eigenvalue weighted by Crippen LogP contribution is 2.37. The summed E-state index contributed by atoms with van der Waals surface area (Å²) in [5.74, 6) is 0.199. The van der Waals surface area contributed by atoms with Crippen molar-refractivity contribution < 1.29 is 9.90 Å². The maximum Gasteiger partial charge on any atom is 0.310 e. The van der Waals surface area contributed by atoms with Crippen molar-refractivity contribution in [2.75, 3.05) is 13.1 Å². The number of hydrogen-bond acceptors (Lipinski definition) is 2. The number of carboxylic acids is 1. The molecule has 1 heterocycles. The molecule has 3 nitrogen and oxygen atoms in total. The number of likely N-dealkylation sites (tertiary alicyclic amines) is 1. The first-order valence-electron chi connectivity index (χ1n) is 7.54. The predicted molar refractivity (Wildman–Crippen MR) is 72.6 cm³/mol. The second kappa shape index (κ2) is 5.60. The normalized spacial score (nSPS) is 32.6. The van der Waals surface area contributed by atoms with E-state index in [1.165, 1.54) is 38.5 Å². The Bertz CT molecular complexity index is 303. The minimum absolute atomic E-state index is 0.570. The average molecular weight is 253 g/mol. The molecule has 0 aromatic rings. The van der Waals surface area contributed by atoms with Crippen molar-refractivity contribution in [1.29, 1.82) is 0 Å². The number of aliphatic carboxylic acids is 1. The fraction of sp³-hybridized carbons (Fsp3) is 0.933. The van der Waals surface area contributed by atoms with E-state index in [2.05, 4.69) is 4.90 Å². The highest BCUT2D eigenvalue weighted by Gasteiger charge is 2.39. The van der Waals surface area contributed by atoms with Gasteiger partial charge in [-0.05, 0) is 51.5 Å². The van der Waals surface area contributed by atoms with Crippen molar-refractivity contribution in [2.24, 2.45) is 11.3 Å². The van der Waals surface area contributed by atoms with Gasteiger partial charge in [0.25, 0.3) is 0 Å². The molecule has 0 amide bonds. The Balaban J connectivity index is 2.04. The van der Waals surface area contributed by atoms with Crippen LogP contribution in [-0.2, 0) is 4.79 Å². The van der Waals surface area contributed by atoms with E-state index in [-0.39, 0.29) is 0 Å². The summed E-state index contributed by atoms with van der Waals surface area (Å²) < 4.78 is 0. The molecule has 1 aliphatic carbocycles. The van der Waals surface area contributed by atoms with Gasteiger partial charge in [0.2, 0.25) is 0 Å². The van der Waals surface area contributed by atoms with Crippen molar-refractivity contribution in [1.82, 2.24) is 4.90 Å². The molecule has 0 bridgehead atoms. The van der Waals surface area contributed by atoms with Gasteiger partial charge < -0.3 is 5.11 Å². The lowest BCUT2D eigenvalue weighted by molar-refractivity contribution is -0.150. The lowest BCUT2D eigenvalue weighted by Gasteiger charge is -2.46. The van der Waals surface area contributed by atoms with Gasteiger partial charge in [0.05, 0.1) is 5.41 Å². The molecule has 1 saturated carbocycles. The molecule has 104 valence electrons. The molecule has 3 atom stereocenters. The van der Waals surface area contributed by atoms with Gasteiger partial charge in [0, 0.05) is 12.6 Å². The zero-order chi connectivity index (χ0) is 13.2. The van der Waals surface area contributed by atoms with Crippen molar-refractivity contribution in [3.8, 4) is 0 Å². The largest absolute Gasteiger partial charge is 0.481 e. The third kappa shape index (κ3) is 2.71. The molecule has 0 spiro atoms. The summed E-state index contributed by atoms with van der Waals surface area (Å²) in [6, 6.07) is 0.665. The van der Waals surface area contributed by atoms with E-state index in [0.717, 1.165) is 25.4 Å². The lowest BCUT2D eigenvalue weighted by Crippen LogP contribution is -2.51. The van der Waals surface area contributed by atoms with Gasteiger partial charge >= 0.3 is 5.97 Å². The third-order valence-corrected chi connectivity index (χ3v) is 5.21.